The van der Waals surface area contributed by atoms with E-state index in [9.17, 15) is 14.3 Å². The molecule has 9 nitrogen and oxygen atoms in total. The predicted molar refractivity (Wildman–Crippen MR) is 191 cm³/mol. The van der Waals surface area contributed by atoms with Crippen LogP contribution in [0.2, 0.25) is 5.02 Å². The van der Waals surface area contributed by atoms with Crippen LogP contribution in [-0.4, -0.2) is 48.4 Å². The van der Waals surface area contributed by atoms with Gasteiger partial charge in [-0.2, -0.15) is 10.2 Å². The van der Waals surface area contributed by atoms with E-state index in [1.165, 1.54) is 12.1 Å². The molecule has 0 unspecified atom stereocenters. The van der Waals surface area contributed by atoms with Gasteiger partial charge in [0.2, 0.25) is 0 Å². The molecular weight excluding hydrogens is 685 g/mol. The number of hydrogen-bond acceptors (Lipinski definition) is 7. The lowest BCUT2D eigenvalue weighted by Crippen LogP contribution is -2.17. The van der Waals surface area contributed by atoms with Gasteiger partial charge >= 0.3 is 5.97 Å². The summed E-state index contributed by atoms with van der Waals surface area (Å²) in [5.41, 5.74) is 7.23. The molecule has 0 fully saturated rings. The Hall–Kier alpha value is -3.97. The Morgan fingerprint density at radius 1 is 1.00 bits per heavy atom. The first kappa shape index (κ1) is 32.2. The molecule has 0 radical (unpaired) electrons. The first-order valence-corrected chi connectivity index (χ1v) is 18.6. The molecule has 8 bridgehead atoms. The van der Waals surface area contributed by atoms with Gasteiger partial charge in [-0.15, -0.1) is 23.5 Å². The smallest absolute Gasteiger partial charge is 0.352 e. The highest BCUT2D eigenvalue weighted by molar-refractivity contribution is 7.98. The van der Waals surface area contributed by atoms with E-state index in [2.05, 4.69) is 12.1 Å². The van der Waals surface area contributed by atoms with Gasteiger partial charge in [0.1, 0.15) is 17.3 Å². The summed E-state index contributed by atoms with van der Waals surface area (Å²) >= 11 is 10.4. The lowest BCUT2D eigenvalue weighted by molar-refractivity contribution is 0.0685. The van der Waals surface area contributed by atoms with Gasteiger partial charge in [-0.1, -0.05) is 23.7 Å². The number of hydrogen-bond donors (Lipinski definition) is 1. The third kappa shape index (κ3) is 5.88. The minimum absolute atomic E-state index is 0.214. The summed E-state index contributed by atoms with van der Waals surface area (Å²) in [4.78, 5) is 13.8. The minimum atomic E-state index is -1.01. The lowest BCUT2D eigenvalue weighted by Gasteiger charge is -2.17. The summed E-state index contributed by atoms with van der Waals surface area (Å²) in [6, 6.07) is 14.7. The van der Waals surface area contributed by atoms with E-state index in [-0.39, 0.29) is 11.5 Å². The van der Waals surface area contributed by atoms with Crippen LogP contribution in [0.5, 0.6) is 5.75 Å². The zero-order valence-electron chi connectivity index (χ0n) is 27.0. The van der Waals surface area contributed by atoms with Crippen molar-refractivity contribution < 1.29 is 23.8 Å². The van der Waals surface area contributed by atoms with Gasteiger partial charge in [0.15, 0.2) is 0 Å². The van der Waals surface area contributed by atoms with E-state index in [0.717, 1.165) is 60.7 Å². The largest absolute Gasteiger partial charge is 0.493 e. The maximum atomic E-state index is 14.4. The van der Waals surface area contributed by atoms with Gasteiger partial charge in [-0.3, -0.25) is 9.36 Å². The van der Waals surface area contributed by atoms with Crippen molar-refractivity contribution in [2.45, 2.75) is 48.1 Å². The maximum Gasteiger partial charge on any atom is 0.352 e. The van der Waals surface area contributed by atoms with E-state index >= 15 is 0 Å². The molecule has 3 aromatic carbocycles. The van der Waals surface area contributed by atoms with Gasteiger partial charge in [-0.05, 0) is 60.2 Å². The van der Waals surface area contributed by atoms with Crippen LogP contribution >= 0.6 is 35.1 Å². The van der Waals surface area contributed by atoms with E-state index in [1.807, 2.05) is 34.6 Å². The summed E-state index contributed by atoms with van der Waals surface area (Å²) in [6.45, 7) is 1.91. The van der Waals surface area contributed by atoms with Gasteiger partial charge in [0.05, 0.1) is 54.0 Å². The molecule has 3 aromatic heterocycles. The Balaban J connectivity index is 1.27. The van der Waals surface area contributed by atoms with Gasteiger partial charge in [0.25, 0.3) is 0 Å². The SMILES string of the molecule is Cn1nc2cc1CSc1cc(c3cc(F)ccc3c1)OCCCc1c(C(=O)O)n(C)c3c(c(Cl)ccc13)-c1c(nn3c1COCC3)CSC2. The highest BCUT2D eigenvalue weighted by Crippen LogP contribution is 2.44. The molecule has 8 rings (SSSR count). The molecule has 0 atom stereocenters. The van der Waals surface area contributed by atoms with E-state index < -0.39 is 5.97 Å². The maximum absolute atomic E-state index is 14.4. The Kier molecular flexibility index (Phi) is 8.59. The number of ether oxygens (including phenoxy) is 2. The summed E-state index contributed by atoms with van der Waals surface area (Å²) < 4.78 is 32.3. The number of aryl methyl sites for hydroxylation is 3. The standard InChI is InChI=1S/C36H33ClFN5O4S2/c1-41-34-26-7-8-28(37)32(34)33-29(40-43-9-11-46-16-30(33)43)19-48-17-22-14-23(42(2)39-22)18-49-24-12-20-5-6-21(38)13-27(20)31(15-24)47-10-3-4-25(26)35(41)36(44)45/h5-8,12-15H,3-4,9-11,16-19H2,1-2H3,(H,44,45). The van der Waals surface area contributed by atoms with E-state index in [4.69, 9.17) is 31.3 Å². The number of benzene rings is 3. The molecule has 2 aliphatic rings. The second kappa shape index (κ2) is 13.1. The predicted octanol–water partition coefficient (Wildman–Crippen LogP) is 8.00. The van der Waals surface area contributed by atoms with Crippen molar-refractivity contribution in [3.63, 3.8) is 0 Å². The average molecular weight is 718 g/mol. The van der Waals surface area contributed by atoms with Crippen LogP contribution in [0.4, 0.5) is 4.39 Å². The number of aromatic carboxylic acids is 1. The number of fused-ring (bicyclic) bond motifs is 10. The highest BCUT2D eigenvalue weighted by atomic mass is 35.5. The number of carboxylic acid groups (broad SMARTS) is 1. The van der Waals surface area contributed by atoms with Crippen molar-refractivity contribution in [2.75, 3.05) is 13.2 Å². The van der Waals surface area contributed by atoms with Crippen molar-refractivity contribution in [2.24, 2.45) is 14.1 Å². The molecule has 0 amide bonds. The van der Waals surface area contributed by atoms with Crippen molar-refractivity contribution in [1.82, 2.24) is 24.1 Å². The average Bonchev–Trinajstić information content (AvgIpc) is 3.72. The molecule has 5 heterocycles. The highest BCUT2D eigenvalue weighted by Gasteiger charge is 2.29. The van der Waals surface area contributed by atoms with Crippen LogP contribution < -0.4 is 4.74 Å². The van der Waals surface area contributed by atoms with Crippen molar-refractivity contribution in [3.05, 3.63) is 93.4 Å². The van der Waals surface area contributed by atoms with Crippen molar-refractivity contribution in [3.8, 4) is 16.9 Å². The van der Waals surface area contributed by atoms with Crippen molar-refractivity contribution >= 4 is 62.8 Å². The second-order valence-corrected chi connectivity index (χ2v) is 14.8. The molecule has 252 valence electrons. The van der Waals surface area contributed by atoms with Gasteiger partial charge < -0.3 is 19.1 Å². The van der Waals surface area contributed by atoms with E-state index in [1.54, 1.807) is 41.2 Å². The summed E-state index contributed by atoms with van der Waals surface area (Å²) in [7, 11) is 3.75. The van der Waals surface area contributed by atoms with E-state index in [0.29, 0.717) is 72.6 Å². The number of thioether (sulfide) groups is 2. The summed E-state index contributed by atoms with van der Waals surface area (Å²) in [6.07, 6.45) is 1.00. The Labute approximate surface area is 295 Å². The molecule has 0 saturated heterocycles. The first-order chi connectivity index (χ1) is 23.8. The normalized spacial score (nSPS) is 15.5. The lowest BCUT2D eigenvalue weighted by atomic mass is 9.98. The van der Waals surface area contributed by atoms with Crippen LogP contribution in [-0.2, 0) is 55.7 Å². The fourth-order valence-electron chi connectivity index (χ4n) is 7.05. The monoisotopic (exact) mass is 717 g/mol. The van der Waals surface area contributed by atoms with Gasteiger partial charge in [-0.25, -0.2) is 9.18 Å². The summed E-state index contributed by atoms with van der Waals surface area (Å²) in [5.74, 6) is 1.26. The zero-order chi connectivity index (χ0) is 33.8. The van der Waals surface area contributed by atoms with Crippen LogP contribution in [0.1, 0.15) is 45.2 Å². The van der Waals surface area contributed by atoms with Crippen LogP contribution in [0.3, 0.4) is 0 Å². The quantitative estimate of drug-likeness (QED) is 0.183. The number of aromatic nitrogens is 5. The Morgan fingerprint density at radius 3 is 2.73 bits per heavy atom. The van der Waals surface area contributed by atoms with Crippen LogP contribution in [0, 0.1) is 5.82 Å². The molecule has 0 saturated carbocycles. The number of nitrogens with zero attached hydrogens (tertiary/aromatic N) is 5. The van der Waals surface area contributed by atoms with Crippen molar-refractivity contribution in [1.29, 1.82) is 0 Å². The minimum Gasteiger partial charge on any atom is -0.493 e. The topological polar surface area (TPSA) is 96.3 Å². The molecule has 0 spiro atoms. The first-order valence-electron chi connectivity index (χ1n) is 16.0. The molecule has 49 heavy (non-hydrogen) atoms. The van der Waals surface area contributed by atoms with Crippen LogP contribution in [0.25, 0.3) is 32.8 Å². The fraction of sp³-hybridized carbons (Fsp3) is 0.306. The Morgan fingerprint density at radius 2 is 1.88 bits per heavy atom. The molecular formula is C36H33ClFN5O4S2. The second-order valence-electron chi connectivity index (χ2n) is 12.3. The summed E-state index contributed by atoms with van der Waals surface area (Å²) in [5, 5.41) is 23.3. The van der Waals surface area contributed by atoms with Crippen LogP contribution in [0.15, 0.2) is 53.4 Å². The molecule has 0 aliphatic carbocycles. The molecule has 6 aromatic rings. The Bertz CT molecular complexity index is 2280. The zero-order valence-corrected chi connectivity index (χ0v) is 29.4. The molecule has 1 N–H and O–H groups in total. The fourth-order valence-corrected chi connectivity index (χ4v) is 9.13. The molecule has 2 aliphatic heterocycles. The number of rotatable bonds is 1. The van der Waals surface area contributed by atoms with Gasteiger partial charge in [0, 0.05) is 63.8 Å². The number of carbonyl (C=O) groups is 1. The molecule has 13 heteroatoms. The third-order valence-electron chi connectivity index (χ3n) is 9.26. The number of halogens is 2. The number of carboxylic acids is 1. The third-order valence-corrected chi connectivity index (χ3v) is 11.6.